The zero-order valence-electron chi connectivity index (χ0n) is 11.9. The fourth-order valence-electron chi connectivity index (χ4n) is 2.50. The van der Waals surface area contributed by atoms with Crippen LogP contribution in [-0.4, -0.2) is 4.98 Å². The lowest BCUT2D eigenvalue weighted by atomic mass is 9.98. The summed E-state index contributed by atoms with van der Waals surface area (Å²) in [6.07, 6.45) is 2.53. The van der Waals surface area contributed by atoms with Crippen molar-refractivity contribution < 1.29 is 0 Å². The van der Waals surface area contributed by atoms with Crippen LogP contribution in [0.2, 0.25) is 5.02 Å². The van der Waals surface area contributed by atoms with E-state index in [1.807, 2.05) is 31.2 Å². The van der Waals surface area contributed by atoms with E-state index in [0.717, 1.165) is 39.0 Å². The Kier molecular flexibility index (Phi) is 3.91. The van der Waals surface area contributed by atoms with Crippen LogP contribution in [0.1, 0.15) is 22.7 Å². The van der Waals surface area contributed by atoms with Gasteiger partial charge in [-0.2, -0.15) is 0 Å². The van der Waals surface area contributed by atoms with E-state index in [1.165, 1.54) is 0 Å². The summed E-state index contributed by atoms with van der Waals surface area (Å²) in [5.41, 5.74) is 10.7. The number of nitrogens with two attached hydrogens (primary N) is 1. The number of rotatable bonds is 3. The van der Waals surface area contributed by atoms with E-state index >= 15 is 0 Å². The lowest BCUT2D eigenvalue weighted by Gasteiger charge is -2.14. The Bertz CT molecular complexity index is 783. The lowest BCUT2D eigenvalue weighted by Crippen LogP contribution is -2.13. The number of hydrogen-bond acceptors (Lipinski definition) is 2. The topological polar surface area (TPSA) is 38.9 Å². The molecular weight excluding hydrogens is 280 g/mol. The van der Waals surface area contributed by atoms with Crippen LogP contribution in [0.15, 0.2) is 54.7 Å². The molecule has 0 aliphatic carbocycles. The van der Waals surface area contributed by atoms with Crippen molar-refractivity contribution >= 4 is 22.5 Å². The molecule has 2 nitrogen and oxygen atoms in total. The largest absolute Gasteiger partial charge is 0.324 e. The standard InChI is InChI=1S/C18H17ClN2/c1-12-4-5-13(16(19)9-12)11-17(20)14-6-7-18-15(10-14)3-2-8-21-18/h2-10,17H,11,20H2,1H3. The van der Waals surface area contributed by atoms with Crippen molar-refractivity contribution in [1.82, 2.24) is 4.98 Å². The van der Waals surface area contributed by atoms with Crippen LogP contribution in [0.25, 0.3) is 10.9 Å². The minimum Gasteiger partial charge on any atom is -0.324 e. The Balaban J connectivity index is 1.87. The molecule has 1 unspecified atom stereocenters. The Morgan fingerprint density at radius 3 is 2.81 bits per heavy atom. The van der Waals surface area contributed by atoms with Gasteiger partial charge in [0.05, 0.1) is 5.52 Å². The monoisotopic (exact) mass is 296 g/mol. The lowest BCUT2D eigenvalue weighted by molar-refractivity contribution is 0.723. The van der Waals surface area contributed by atoms with Gasteiger partial charge in [0.2, 0.25) is 0 Å². The molecule has 0 aliphatic rings. The van der Waals surface area contributed by atoms with Crippen molar-refractivity contribution in [1.29, 1.82) is 0 Å². The zero-order valence-corrected chi connectivity index (χ0v) is 12.6. The minimum atomic E-state index is -0.0742. The highest BCUT2D eigenvalue weighted by molar-refractivity contribution is 6.31. The molecule has 3 rings (SSSR count). The van der Waals surface area contributed by atoms with Crippen molar-refractivity contribution in [2.75, 3.05) is 0 Å². The third kappa shape index (κ3) is 3.07. The average molecular weight is 297 g/mol. The number of fused-ring (bicyclic) bond motifs is 1. The molecule has 0 aliphatic heterocycles. The van der Waals surface area contributed by atoms with Gasteiger partial charge in [-0.15, -0.1) is 0 Å². The highest BCUT2D eigenvalue weighted by Crippen LogP contribution is 2.25. The molecule has 1 aromatic heterocycles. The van der Waals surface area contributed by atoms with E-state index in [0.29, 0.717) is 0 Å². The second-order valence-corrected chi connectivity index (χ2v) is 5.77. The fourth-order valence-corrected chi connectivity index (χ4v) is 2.81. The quantitative estimate of drug-likeness (QED) is 0.776. The summed E-state index contributed by atoms with van der Waals surface area (Å²) in [5, 5.41) is 1.90. The summed E-state index contributed by atoms with van der Waals surface area (Å²) in [5.74, 6) is 0. The number of pyridine rings is 1. The number of hydrogen-bond donors (Lipinski definition) is 1. The van der Waals surface area contributed by atoms with Crippen molar-refractivity contribution in [3.63, 3.8) is 0 Å². The molecule has 2 N–H and O–H groups in total. The van der Waals surface area contributed by atoms with Gasteiger partial charge in [-0.25, -0.2) is 0 Å². The average Bonchev–Trinajstić information content (AvgIpc) is 2.49. The number of aryl methyl sites for hydroxylation is 1. The minimum absolute atomic E-state index is 0.0742. The molecule has 0 saturated carbocycles. The van der Waals surface area contributed by atoms with Crippen molar-refractivity contribution in [2.45, 2.75) is 19.4 Å². The number of aromatic nitrogens is 1. The summed E-state index contributed by atoms with van der Waals surface area (Å²) in [6, 6.07) is 16.2. The first-order chi connectivity index (χ1) is 10.1. The summed E-state index contributed by atoms with van der Waals surface area (Å²) in [4.78, 5) is 4.33. The molecule has 3 aromatic rings. The van der Waals surface area contributed by atoms with Crippen LogP contribution in [0.5, 0.6) is 0 Å². The summed E-state index contributed by atoms with van der Waals surface area (Å²) >= 11 is 6.29. The number of nitrogens with zero attached hydrogens (tertiary/aromatic N) is 1. The molecular formula is C18H17ClN2. The van der Waals surface area contributed by atoms with Crippen LogP contribution < -0.4 is 5.73 Å². The first-order valence-electron chi connectivity index (χ1n) is 6.99. The van der Waals surface area contributed by atoms with Crippen molar-refractivity contribution in [3.05, 3.63) is 76.4 Å². The van der Waals surface area contributed by atoms with E-state index in [4.69, 9.17) is 17.3 Å². The normalized spacial score (nSPS) is 12.5. The molecule has 0 fully saturated rings. The van der Waals surface area contributed by atoms with Crippen molar-refractivity contribution in [3.8, 4) is 0 Å². The van der Waals surface area contributed by atoms with Gasteiger partial charge in [-0.05, 0) is 54.3 Å². The van der Waals surface area contributed by atoms with Gasteiger partial charge in [0.1, 0.15) is 0 Å². The van der Waals surface area contributed by atoms with Crippen molar-refractivity contribution in [2.24, 2.45) is 5.73 Å². The van der Waals surface area contributed by atoms with Gasteiger partial charge in [-0.1, -0.05) is 35.9 Å². The fraction of sp³-hybridized carbons (Fsp3) is 0.167. The van der Waals surface area contributed by atoms with Gasteiger partial charge < -0.3 is 5.73 Å². The maximum absolute atomic E-state index is 6.35. The maximum atomic E-state index is 6.35. The van der Waals surface area contributed by atoms with E-state index in [-0.39, 0.29) is 6.04 Å². The van der Waals surface area contributed by atoms with E-state index in [1.54, 1.807) is 6.20 Å². The Labute approximate surface area is 129 Å². The van der Waals surface area contributed by atoms with E-state index < -0.39 is 0 Å². The zero-order chi connectivity index (χ0) is 14.8. The van der Waals surface area contributed by atoms with E-state index in [2.05, 4.69) is 29.2 Å². The summed E-state index contributed by atoms with van der Waals surface area (Å²) in [7, 11) is 0. The molecule has 0 radical (unpaired) electrons. The Hall–Kier alpha value is -1.90. The molecule has 0 saturated heterocycles. The first-order valence-corrected chi connectivity index (χ1v) is 7.36. The van der Waals surface area contributed by atoms with Crippen LogP contribution in [0.4, 0.5) is 0 Å². The SMILES string of the molecule is Cc1ccc(CC(N)c2ccc3ncccc3c2)c(Cl)c1. The molecule has 21 heavy (non-hydrogen) atoms. The van der Waals surface area contributed by atoms with Gasteiger partial charge in [0.25, 0.3) is 0 Å². The van der Waals surface area contributed by atoms with Gasteiger partial charge in [-0.3, -0.25) is 4.98 Å². The van der Waals surface area contributed by atoms with Gasteiger partial charge >= 0.3 is 0 Å². The predicted molar refractivity (Wildman–Crippen MR) is 88.6 cm³/mol. The van der Waals surface area contributed by atoms with Gasteiger partial charge in [0, 0.05) is 22.6 Å². The van der Waals surface area contributed by atoms with E-state index in [9.17, 15) is 0 Å². The second-order valence-electron chi connectivity index (χ2n) is 5.36. The molecule has 0 spiro atoms. The molecule has 0 bridgehead atoms. The van der Waals surface area contributed by atoms with Crippen LogP contribution in [0, 0.1) is 6.92 Å². The summed E-state index contributed by atoms with van der Waals surface area (Å²) in [6.45, 7) is 2.03. The highest BCUT2D eigenvalue weighted by Gasteiger charge is 2.10. The number of halogens is 1. The molecule has 3 heteroatoms. The third-order valence-corrected chi connectivity index (χ3v) is 4.06. The highest BCUT2D eigenvalue weighted by atomic mass is 35.5. The third-order valence-electron chi connectivity index (χ3n) is 3.70. The molecule has 1 heterocycles. The molecule has 2 aromatic carbocycles. The van der Waals surface area contributed by atoms with Crippen LogP contribution in [-0.2, 0) is 6.42 Å². The van der Waals surface area contributed by atoms with Gasteiger partial charge in [0.15, 0.2) is 0 Å². The molecule has 1 atom stereocenters. The van der Waals surface area contributed by atoms with Crippen LogP contribution in [0.3, 0.4) is 0 Å². The smallest absolute Gasteiger partial charge is 0.0702 e. The molecule has 0 amide bonds. The Morgan fingerprint density at radius 1 is 1.14 bits per heavy atom. The molecule has 106 valence electrons. The Morgan fingerprint density at radius 2 is 2.00 bits per heavy atom. The first kappa shape index (κ1) is 14.1. The predicted octanol–water partition coefficient (Wildman–Crippen LogP) is 4.44. The second kappa shape index (κ2) is 5.84. The van der Waals surface area contributed by atoms with Crippen LogP contribution >= 0.6 is 11.6 Å². The summed E-state index contributed by atoms with van der Waals surface area (Å²) < 4.78 is 0. The number of benzene rings is 2. The maximum Gasteiger partial charge on any atom is 0.0702 e.